The first-order chi connectivity index (χ1) is 8.56. The van der Waals surface area contributed by atoms with Crippen LogP contribution in [-0.4, -0.2) is 21.7 Å². The van der Waals surface area contributed by atoms with Crippen molar-refractivity contribution in [3.8, 4) is 0 Å². The number of hydrogen-bond acceptors (Lipinski definition) is 3. The van der Waals surface area contributed by atoms with Gasteiger partial charge in [-0.2, -0.15) is 5.10 Å². The number of nitrogens with zero attached hydrogens (tertiary/aromatic N) is 2. The van der Waals surface area contributed by atoms with Crippen molar-refractivity contribution in [3.05, 3.63) is 12.4 Å². The molecule has 1 amide bonds. The monoisotopic (exact) mass is 250 g/mol. The Morgan fingerprint density at radius 3 is 2.78 bits per heavy atom. The maximum Gasteiger partial charge on any atom is 0.239 e. The van der Waals surface area contributed by atoms with E-state index >= 15 is 0 Å². The van der Waals surface area contributed by atoms with Gasteiger partial charge in [-0.1, -0.05) is 20.3 Å². The fraction of sp³-hybridized carbons (Fsp3) is 0.692. The molecule has 0 radical (unpaired) electrons. The van der Waals surface area contributed by atoms with Crippen LogP contribution in [0.15, 0.2) is 12.4 Å². The molecule has 18 heavy (non-hydrogen) atoms. The predicted octanol–water partition coefficient (Wildman–Crippen LogP) is 1.60. The van der Waals surface area contributed by atoms with Crippen LogP contribution in [0.2, 0.25) is 0 Å². The molecule has 5 nitrogen and oxygen atoms in total. The van der Waals surface area contributed by atoms with Gasteiger partial charge >= 0.3 is 0 Å². The van der Waals surface area contributed by atoms with Crippen LogP contribution in [0.3, 0.4) is 0 Å². The Labute approximate surface area is 108 Å². The molecule has 2 rings (SSSR count). The molecule has 1 aliphatic rings. The zero-order valence-electron chi connectivity index (χ0n) is 11.1. The van der Waals surface area contributed by atoms with E-state index in [1.165, 1.54) is 19.3 Å². The van der Waals surface area contributed by atoms with Crippen LogP contribution >= 0.6 is 0 Å². The second-order valence-electron chi connectivity index (χ2n) is 5.45. The minimum atomic E-state index is -0.371. The molecule has 2 unspecified atom stereocenters. The standard InChI is InChI=1S/C13H22N4O/c1-9-4-3-5-10(2)13(9)16-11-6-15-17(7-11)8-12(14)18/h6-7,9-10,13,16H,3-5,8H2,1-2H3,(H2,14,18). The minimum absolute atomic E-state index is 0.136. The van der Waals surface area contributed by atoms with Gasteiger partial charge in [-0.05, 0) is 24.7 Å². The van der Waals surface area contributed by atoms with E-state index in [0.29, 0.717) is 17.9 Å². The maximum atomic E-state index is 10.8. The molecule has 0 aliphatic heterocycles. The zero-order chi connectivity index (χ0) is 13.1. The second kappa shape index (κ2) is 5.42. The molecule has 1 fully saturated rings. The van der Waals surface area contributed by atoms with Crippen molar-refractivity contribution in [1.29, 1.82) is 0 Å². The van der Waals surface area contributed by atoms with Crippen molar-refractivity contribution < 1.29 is 4.79 Å². The molecule has 0 bridgehead atoms. The van der Waals surface area contributed by atoms with Crippen molar-refractivity contribution in [2.45, 2.75) is 45.7 Å². The Kier molecular flexibility index (Phi) is 3.89. The van der Waals surface area contributed by atoms with Gasteiger partial charge in [0.05, 0.1) is 11.9 Å². The lowest BCUT2D eigenvalue weighted by Crippen LogP contribution is -2.36. The highest BCUT2D eigenvalue weighted by Crippen LogP contribution is 2.31. The van der Waals surface area contributed by atoms with Crippen molar-refractivity contribution in [1.82, 2.24) is 9.78 Å². The van der Waals surface area contributed by atoms with Gasteiger partial charge in [-0.25, -0.2) is 0 Å². The molecule has 5 heteroatoms. The summed E-state index contributed by atoms with van der Waals surface area (Å²) < 4.78 is 1.57. The highest BCUT2D eigenvalue weighted by Gasteiger charge is 2.27. The molecular formula is C13H22N4O. The summed E-state index contributed by atoms with van der Waals surface area (Å²) in [5, 5.41) is 7.66. The second-order valence-corrected chi connectivity index (χ2v) is 5.45. The Balaban J connectivity index is 1.99. The molecule has 1 aliphatic carbocycles. The Hall–Kier alpha value is -1.52. The lowest BCUT2D eigenvalue weighted by molar-refractivity contribution is -0.118. The predicted molar refractivity (Wildman–Crippen MR) is 71.0 cm³/mol. The van der Waals surface area contributed by atoms with E-state index in [1.807, 2.05) is 6.20 Å². The van der Waals surface area contributed by atoms with Crippen molar-refractivity contribution in [2.24, 2.45) is 17.6 Å². The third-order valence-electron chi connectivity index (χ3n) is 3.83. The number of primary amides is 1. The van der Waals surface area contributed by atoms with Crippen LogP contribution in [-0.2, 0) is 11.3 Å². The van der Waals surface area contributed by atoms with Gasteiger partial charge in [0.2, 0.25) is 5.91 Å². The van der Waals surface area contributed by atoms with Gasteiger partial charge in [-0.15, -0.1) is 0 Å². The van der Waals surface area contributed by atoms with Gasteiger partial charge in [0.25, 0.3) is 0 Å². The van der Waals surface area contributed by atoms with Gasteiger partial charge in [0.1, 0.15) is 6.54 Å². The maximum absolute atomic E-state index is 10.8. The summed E-state index contributed by atoms with van der Waals surface area (Å²) >= 11 is 0. The molecule has 0 spiro atoms. The van der Waals surface area contributed by atoms with E-state index in [9.17, 15) is 4.79 Å². The van der Waals surface area contributed by atoms with Gasteiger partial charge in [0, 0.05) is 12.2 Å². The Bertz CT molecular complexity index is 405. The van der Waals surface area contributed by atoms with Crippen LogP contribution < -0.4 is 11.1 Å². The molecule has 3 N–H and O–H groups in total. The first kappa shape index (κ1) is 12.9. The smallest absolute Gasteiger partial charge is 0.239 e. The van der Waals surface area contributed by atoms with E-state index in [-0.39, 0.29) is 12.5 Å². The normalized spacial score (nSPS) is 28.0. The number of anilines is 1. The highest BCUT2D eigenvalue weighted by molar-refractivity contribution is 5.73. The van der Waals surface area contributed by atoms with E-state index in [4.69, 9.17) is 5.73 Å². The summed E-state index contributed by atoms with van der Waals surface area (Å²) in [5.41, 5.74) is 6.12. The van der Waals surface area contributed by atoms with E-state index in [1.54, 1.807) is 10.9 Å². The lowest BCUT2D eigenvalue weighted by atomic mass is 9.78. The molecule has 1 aromatic rings. The topological polar surface area (TPSA) is 72.9 Å². The average Bonchev–Trinajstić information content (AvgIpc) is 2.70. The van der Waals surface area contributed by atoms with E-state index < -0.39 is 0 Å². The number of nitrogens with one attached hydrogen (secondary N) is 1. The number of carbonyl (C=O) groups excluding carboxylic acids is 1. The first-order valence-corrected chi connectivity index (χ1v) is 6.63. The Morgan fingerprint density at radius 1 is 1.50 bits per heavy atom. The van der Waals surface area contributed by atoms with E-state index in [0.717, 1.165) is 5.69 Å². The third-order valence-corrected chi connectivity index (χ3v) is 3.83. The average molecular weight is 250 g/mol. The first-order valence-electron chi connectivity index (χ1n) is 6.63. The van der Waals surface area contributed by atoms with Crippen molar-refractivity contribution in [3.63, 3.8) is 0 Å². The molecule has 0 saturated heterocycles. The number of nitrogens with two attached hydrogens (primary N) is 1. The summed E-state index contributed by atoms with van der Waals surface area (Å²) in [6.45, 7) is 4.72. The summed E-state index contributed by atoms with van der Waals surface area (Å²) in [7, 11) is 0. The molecule has 1 heterocycles. The molecule has 1 aromatic heterocycles. The van der Waals surface area contributed by atoms with Crippen LogP contribution in [0.1, 0.15) is 33.1 Å². The molecule has 2 atom stereocenters. The number of amides is 1. The third kappa shape index (κ3) is 3.03. The fourth-order valence-corrected chi connectivity index (χ4v) is 2.84. The summed E-state index contributed by atoms with van der Waals surface area (Å²) in [5.74, 6) is 0.977. The van der Waals surface area contributed by atoms with Gasteiger partial charge in [-0.3, -0.25) is 9.48 Å². The Morgan fingerprint density at radius 2 is 2.17 bits per heavy atom. The lowest BCUT2D eigenvalue weighted by Gasteiger charge is -2.35. The summed E-state index contributed by atoms with van der Waals surface area (Å²) in [4.78, 5) is 10.8. The number of hydrogen-bond donors (Lipinski definition) is 2. The number of rotatable bonds is 4. The summed E-state index contributed by atoms with van der Waals surface area (Å²) in [6, 6.07) is 0.491. The SMILES string of the molecule is CC1CCCC(C)C1Nc1cnn(CC(N)=O)c1. The van der Waals surface area contributed by atoms with Gasteiger partial charge < -0.3 is 11.1 Å². The highest BCUT2D eigenvalue weighted by atomic mass is 16.1. The van der Waals surface area contributed by atoms with Crippen LogP contribution in [0, 0.1) is 11.8 Å². The number of carbonyl (C=O) groups is 1. The summed E-state index contributed by atoms with van der Waals surface area (Å²) in [6.07, 6.45) is 7.48. The van der Waals surface area contributed by atoms with Crippen LogP contribution in [0.4, 0.5) is 5.69 Å². The van der Waals surface area contributed by atoms with Crippen LogP contribution in [0.25, 0.3) is 0 Å². The molecular weight excluding hydrogens is 228 g/mol. The zero-order valence-corrected chi connectivity index (χ0v) is 11.1. The minimum Gasteiger partial charge on any atom is -0.379 e. The van der Waals surface area contributed by atoms with Gasteiger partial charge in [0.15, 0.2) is 0 Å². The van der Waals surface area contributed by atoms with Crippen molar-refractivity contribution in [2.75, 3.05) is 5.32 Å². The quantitative estimate of drug-likeness (QED) is 0.852. The fourth-order valence-electron chi connectivity index (χ4n) is 2.84. The largest absolute Gasteiger partial charge is 0.379 e. The molecule has 0 aromatic carbocycles. The molecule has 1 saturated carbocycles. The van der Waals surface area contributed by atoms with E-state index in [2.05, 4.69) is 24.3 Å². The van der Waals surface area contributed by atoms with Crippen molar-refractivity contribution >= 4 is 11.6 Å². The van der Waals surface area contributed by atoms with Crippen LogP contribution in [0.5, 0.6) is 0 Å². The molecule has 100 valence electrons. The number of aromatic nitrogens is 2.